The Balaban J connectivity index is 1.33. The van der Waals surface area contributed by atoms with E-state index in [1.807, 2.05) is 18.2 Å². The lowest BCUT2D eigenvalue weighted by Gasteiger charge is -2.06. The van der Waals surface area contributed by atoms with Crippen molar-refractivity contribution in [2.24, 2.45) is 0 Å². The summed E-state index contributed by atoms with van der Waals surface area (Å²) in [5.41, 5.74) is 2.46. The van der Waals surface area contributed by atoms with Crippen LogP contribution >= 0.6 is 11.8 Å². The molecule has 0 saturated heterocycles. The SMILES string of the molecule is O=C(CSc1nnc(-c2ccc[nH]2)o1)c1ccc(NC(=O)c2ccccc2)cc1. The zero-order valence-electron chi connectivity index (χ0n) is 15.2. The molecule has 0 bridgehead atoms. The fourth-order valence-corrected chi connectivity index (χ4v) is 3.24. The van der Waals surface area contributed by atoms with Crippen LogP contribution in [0.5, 0.6) is 0 Å². The van der Waals surface area contributed by atoms with Crippen molar-refractivity contribution in [3.8, 4) is 11.6 Å². The molecule has 7 nitrogen and oxygen atoms in total. The molecule has 0 saturated carbocycles. The Morgan fingerprint density at radius 2 is 1.72 bits per heavy atom. The van der Waals surface area contributed by atoms with Gasteiger partial charge in [0.1, 0.15) is 5.69 Å². The lowest BCUT2D eigenvalue weighted by Crippen LogP contribution is -2.11. The number of Topliss-reactive ketones (excluding diaryl/α,β-unsaturated/α-hetero) is 1. The first-order valence-corrected chi connectivity index (χ1v) is 9.77. The number of H-pyrrole nitrogens is 1. The van der Waals surface area contributed by atoms with E-state index in [-0.39, 0.29) is 17.4 Å². The van der Waals surface area contributed by atoms with Gasteiger partial charge in [-0.1, -0.05) is 30.0 Å². The molecule has 29 heavy (non-hydrogen) atoms. The molecule has 4 aromatic rings. The van der Waals surface area contributed by atoms with Gasteiger partial charge in [-0.2, -0.15) is 0 Å². The molecule has 2 aromatic carbocycles. The van der Waals surface area contributed by atoms with Crippen LogP contribution in [-0.2, 0) is 0 Å². The van der Waals surface area contributed by atoms with Gasteiger partial charge in [-0.15, -0.1) is 10.2 Å². The summed E-state index contributed by atoms with van der Waals surface area (Å²) in [6, 6.07) is 19.4. The van der Waals surface area contributed by atoms with Crippen molar-refractivity contribution in [3.05, 3.63) is 84.1 Å². The number of amides is 1. The Morgan fingerprint density at radius 3 is 2.45 bits per heavy atom. The number of ketones is 1. The van der Waals surface area contributed by atoms with Crippen molar-refractivity contribution < 1.29 is 14.0 Å². The van der Waals surface area contributed by atoms with Crippen molar-refractivity contribution in [1.82, 2.24) is 15.2 Å². The standard InChI is InChI=1S/C21H16N4O3S/c26-18(13-29-21-25-24-20(28-21)17-7-4-12-22-17)14-8-10-16(11-9-14)23-19(27)15-5-2-1-3-6-15/h1-12,22H,13H2,(H,23,27). The predicted octanol–water partition coefficient (Wildman–Crippen LogP) is 4.29. The van der Waals surface area contributed by atoms with E-state index in [1.165, 1.54) is 11.8 Å². The van der Waals surface area contributed by atoms with E-state index < -0.39 is 0 Å². The lowest BCUT2D eigenvalue weighted by molar-refractivity contribution is 0.101. The van der Waals surface area contributed by atoms with E-state index in [9.17, 15) is 9.59 Å². The molecule has 0 unspecified atom stereocenters. The van der Waals surface area contributed by atoms with Crippen LogP contribution < -0.4 is 5.32 Å². The molecule has 0 aliphatic rings. The van der Waals surface area contributed by atoms with E-state index >= 15 is 0 Å². The summed E-state index contributed by atoms with van der Waals surface area (Å²) < 4.78 is 5.53. The van der Waals surface area contributed by atoms with Crippen molar-refractivity contribution in [1.29, 1.82) is 0 Å². The summed E-state index contributed by atoms with van der Waals surface area (Å²) in [7, 11) is 0. The maximum atomic E-state index is 12.4. The number of thioether (sulfide) groups is 1. The Labute approximate surface area is 170 Å². The van der Waals surface area contributed by atoms with Crippen molar-refractivity contribution >= 4 is 29.1 Å². The fraction of sp³-hybridized carbons (Fsp3) is 0.0476. The number of aromatic amines is 1. The van der Waals surface area contributed by atoms with Gasteiger partial charge in [-0.05, 0) is 48.5 Å². The van der Waals surface area contributed by atoms with Crippen molar-refractivity contribution in [2.75, 3.05) is 11.1 Å². The van der Waals surface area contributed by atoms with Gasteiger partial charge >= 0.3 is 0 Å². The number of hydrogen-bond donors (Lipinski definition) is 2. The smallest absolute Gasteiger partial charge is 0.277 e. The van der Waals surface area contributed by atoms with E-state index in [4.69, 9.17) is 4.42 Å². The molecule has 144 valence electrons. The molecular formula is C21H16N4O3S. The molecule has 0 spiro atoms. The van der Waals surface area contributed by atoms with Crippen LogP contribution in [-0.4, -0.2) is 32.6 Å². The third kappa shape index (κ3) is 4.61. The van der Waals surface area contributed by atoms with Gasteiger partial charge in [0.05, 0.1) is 5.75 Å². The van der Waals surface area contributed by atoms with Gasteiger partial charge in [-0.25, -0.2) is 0 Å². The monoisotopic (exact) mass is 404 g/mol. The summed E-state index contributed by atoms with van der Waals surface area (Å²) in [6.45, 7) is 0. The van der Waals surface area contributed by atoms with Gasteiger partial charge in [0, 0.05) is 23.0 Å². The number of carbonyl (C=O) groups is 2. The molecule has 0 radical (unpaired) electrons. The summed E-state index contributed by atoms with van der Waals surface area (Å²) in [4.78, 5) is 27.6. The van der Waals surface area contributed by atoms with E-state index in [0.29, 0.717) is 27.9 Å². The largest absolute Gasteiger partial charge is 0.410 e. The normalized spacial score (nSPS) is 10.6. The minimum atomic E-state index is -0.200. The Kier molecular flexibility index (Phi) is 5.53. The summed E-state index contributed by atoms with van der Waals surface area (Å²) in [5, 5.41) is 11.0. The number of hydrogen-bond acceptors (Lipinski definition) is 6. The van der Waals surface area contributed by atoms with Crippen molar-refractivity contribution in [3.63, 3.8) is 0 Å². The molecule has 0 fully saturated rings. The molecule has 0 aliphatic carbocycles. The minimum Gasteiger partial charge on any atom is -0.410 e. The number of nitrogens with one attached hydrogen (secondary N) is 2. The molecular weight excluding hydrogens is 388 g/mol. The second kappa shape index (κ2) is 8.57. The molecule has 8 heteroatoms. The zero-order chi connectivity index (χ0) is 20.1. The van der Waals surface area contributed by atoms with Gasteiger partial charge in [0.15, 0.2) is 5.78 Å². The van der Waals surface area contributed by atoms with Crippen LogP contribution in [0.25, 0.3) is 11.6 Å². The minimum absolute atomic E-state index is 0.0736. The molecule has 2 N–H and O–H groups in total. The molecule has 2 heterocycles. The van der Waals surface area contributed by atoms with Crippen LogP contribution in [0.4, 0.5) is 5.69 Å². The highest BCUT2D eigenvalue weighted by atomic mass is 32.2. The maximum Gasteiger partial charge on any atom is 0.277 e. The summed E-state index contributed by atoms with van der Waals surface area (Å²) in [6.07, 6.45) is 1.77. The Morgan fingerprint density at radius 1 is 0.931 bits per heavy atom. The zero-order valence-corrected chi connectivity index (χ0v) is 16.0. The average molecular weight is 404 g/mol. The highest BCUT2D eigenvalue weighted by molar-refractivity contribution is 7.99. The highest BCUT2D eigenvalue weighted by Crippen LogP contribution is 2.23. The lowest BCUT2D eigenvalue weighted by atomic mass is 10.1. The highest BCUT2D eigenvalue weighted by Gasteiger charge is 2.13. The molecule has 0 aliphatic heterocycles. The second-order valence-electron chi connectivity index (χ2n) is 6.07. The number of rotatable bonds is 7. The van der Waals surface area contributed by atoms with Crippen LogP contribution in [0.2, 0.25) is 0 Å². The van der Waals surface area contributed by atoms with Crippen LogP contribution in [0.1, 0.15) is 20.7 Å². The Hall–Kier alpha value is -3.65. The van der Waals surface area contributed by atoms with Gasteiger partial charge in [-0.3, -0.25) is 9.59 Å². The molecule has 2 aromatic heterocycles. The van der Waals surface area contributed by atoms with Gasteiger partial charge in [0.2, 0.25) is 0 Å². The molecule has 1 amide bonds. The first-order chi connectivity index (χ1) is 14.2. The number of carbonyl (C=O) groups excluding carboxylic acids is 2. The average Bonchev–Trinajstić information content (AvgIpc) is 3.45. The quantitative estimate of drug-likeness (QED) is 0.352. The molecule has 4 rings (SSSR count). The van der Waals surface area contributed by atoms with E-state index in [0.717, 1.165) is 5.69 Å². The Bertz CT molecular complexity index is 1110. The summed E-state index contributed by atoms with van der Waals surface area (Å²) >= 11 is 1.18. The summed E-state index contributed by atoms with van der Waals surface area (Å²) in [5.74, 6) is 0.274. The number of aromatic nitrogens is 3. The molecule has 0 atom stereocenters. The third-order valence-corrected chi connectivity index (χ3v) is 4.88. The van der Waals surface area contributed by atoms with E-state index in [2.05, 4.69) is 20.5 Å². The predicted molar refractivity (Wildman–Crippen MR) is 110 cm³/mol. The second-order valence-corrected chi connectivity index (χ2v) is 6.99. The first-order valence-electron chi connectivity index (χ1n) is 8.79. The van der Waals surface area contributed by atoms with Gasteiger partial charge < -0.3 is 14.7 Å². The third-order valence-electron chi connectivity index (χ3n) is 4.06. The van der Waals surface area contributed by atoms with Crippen LogP contribution in [0.3, 0.4) is 0 Å². The van der Waals surface area contributed by atoms with Crippen LogP contribution in [0, 0.1) is 0 Å². The number of anilines is 1. The number of nitrogens with zero attached hydrogens (tertiary/aromatic N) is 2. The van der Waals surface area contributed by atoms with Gasteiger partial charge in [0.25, 0.3) is 17.0 Å². The first kappa shape index (κ1) is 18.7. The fourth-order valence-electron chi connectivity index (χ4n) is 2.58. The van der Waals surface area contributed by atoms with Crippen molar-refractivity contribution in [2.45, 2.75) is 5.22 Å². The maximum absolute atomic E-state index is 12.4. The number of benzene rings is 2. The topological polar surface area (TPSA) is 101 Å². The van der Waals surface area contributed by atoms with E-state index in [1.54, 1.807) is 54.7 Å². The van der Waals surface area contributed by atoms with Crippen LogP contribution in [0.15, 0.2) is 82.6 Å².